The maximum atomic E-state index is 13.1. The summed E-state index contributed by atoms with van der Waals surface area (Å²) in [4.78, 5) is 0.981. The van der Waals surface area contributed by atoms with Crippen molar-refractivity contribution in [1.29, 1.82) is 0 Å². The maximum absolute atomic E-state index is 13.1. The van der Waals surface area contributed by atoms with Crippen molar-refractivity contribution in [2.45, 2.75) is 24.5 Å². The summed E-state index contributed by atoms with van der Waals surface area (Å²) < 4.78 is 36.2. The van der Waals surface area contributed by atoms with Crippen molar-refractivity contribution < 1.29 is 28.3 Å². The van der Waals surface area contributed by atoms with Crippen molar-refractivity contribution in [3.05, 3.63) is 76.5 Å². The van der Waals surface area contributed by atoms with Crippen molar-refractivity contribution >= 4 is 15.7 Å². The van der Waals surface area contributed by atoms with E-state index in [4.69, 9.17) is 4.74 Å². The number of morpholine rings is 1. The molecule has 2 atom stereocenters. The molecule has 2 unspecified atom stereocenters. The van der Waals surface area contributed by atoms with E-state index in [2.05, 4.69) is 4.40 Å². The van der Waals surface area contributed by atoms with Crippen molar-refractivity contribution in [3.8, 4) is 0 Å². The number of ether oxygens (including phenoxy) is 1. The number of allylic oxidation sites excluding steroid dienone is 1. The van der Waals surface area contributed by atoms with E-state index in [1.165, 1.54) is 0 Å². The lowest BCUT2D eigenvalue weighted by molar-refractivity contribution is -0.882. The monoisotopic (exact) mass is 429 g/mol. The van der Waals surface area contributed by atoms with Gasteiger partial charge in [0.25, 0.3) is 15.8 Å². The van der Waals surface area contributed by atoms with Crippen LogP contribution in [0.25, 0.3) is 0 Å². The van der Waals surface area contributed by atoms with Crippen LogP contribution in [0.1, 0.15) is 22.3 Å². The number of fused-ring (bicyclic) bond motifs is 3. The van der Waals surface area contributed by atoms with Gasteiger partial charge < -0.3 is 14.9 Å². The summed E-state index contributed by atoms with van der Waals surface area (Å²) in [5.74, 6) is -1.68. The fourth-order valence-electron chi connectivity index (χ4n) is 4.15. The number of rotatable bonds is 4. The highest BCUT2D eigenvalue weighted by atomic mass is 32.2. The second-order valence-corrected chi connectivity index (χ2v) is 9.22. The second kappa shape index (κ2) is 7.72. The third kappa shape index (κ3) is 3.51. The molecule has 1 fully saturated rings. The van der Waals surface area contributed by atoms with Crippen LogP contribution in [-0.4, -0.2) is 50.6 Å². The largest absolute Gasteiger partial charge is 0.391 e. The molecule has 3 N–H and O–H groups in total. The number of quaternary nitrogens is 1. The summed E-state index contributed by atoms with van der Waals surface area (Å²) in [6, 6.07) is 12.1. The SMILES string of the molecule is Cc1ccc(S(=O)(=O)N=C2C=C3[NH+](CCO)CCOC3(O)c3ccccc32)c(C)c1. The van der Waals surface area contributed by atoms with Crippen molar-refractivity contribution in [2.24, 2.45) is 4.40 Å². The summed E-state index contributed by atoms with van der Waals surface area (Å²) in [7, 11) is -3.98. The average molecular weight is 430 g/mol. The Morgan fingerprint density at radius 1 is 1.20 bits per heavy atom. The number of hydrogen-bond acceptors (Lipinski definition) is 5. The number of benzene rings is 2. The predicted octanol–water partition coefficient (Wildman–Crippen LogP) is 0.431. The highest BCUT2D eigenvalue weighted by molar-refractivity contribution is 7.90. The molecule has 1 heterocycles. The maximum Gasteiger partial charge on any atom is 0.283 e. The zero-order chi connectivity index (χ0) is 21.5. The Bertz CT molecular complexity index is 1150. The predicted molar refractivity (Wildman–Crippen MR) is 112 cm³/mol. The molecule has 2 aromatic carbocycles. The molecule has 4 rings (SSSR count). The minimum atomic E-state index is -3.98. The Hall–Kier alpha value is -2.36. The molecule has 0 bridgehead atoms. The van der Waals surface area contributed by atoms with Crippen molar-refractivity contribution in [3.63, 3.8) is 0 Å². The standard InChI is InChI=1S/C22H24N2O5S/c1-15-7-8-20(16(2)13-15)30(27,28)23-19-14-21-22(26,18-6-4-3-5-17(18)19)29-12-10-24(21)9-11-25/h3-8,13-14,25-26H,9-12H2,1-2H3/p+1. The number of aliphatic hydroxyl groups is 2. The molecule has 7 nitrogen and oxygen atoms in total. The van der Waals surface area contributed by atoms with Crippen LogP contribution in [0.15, 0.2) is 63.5 Å². The van der Waals surface area contributed by atoms with E-state index in [0.29, 0.717) is 42.1 Å². The zero-order valence-electron chi connectivity index (χ0n) is 16.9. The van der Waals surface area contributed by atoms with Gasteiger partial charge in [-0.3, -0.25) is 4.90 Å². The number of sulfonamides is 1. The van der Waals surface area contributed by atoms with E-state index < -0.39 is 15.8 Å². The van der Waals surface area contributed by atoms with Gasteiger partial charge >= 0.3 is 0 Å². The van der Waals surface area contributed by atoms with Gasteiger partial charge in [0.1, 0.15) is 19.7 Å². The number of aryl methyl sites for hydroxylation is 2. The van der Waals surface area contributed by atoms with E-state index in [-0.39, 0.29) is 17.2 Å². The van der Waals surface area contributed by atoms with Gasteiger partial charge in [0, 0.05) is 17.2 Å². The van der Waals surface area contributed by atoms with Gasteiger partial charge in [-0.05, 0) is 25.5 Å². The minimum absolute atomic E-state index is 0.0717. The highest BCUT2D eigenvalue weighted by Crippen LogP contribution is 2.37. The molecule has 0 spiro atoms. The van der Waals surface area contributed by atoms with Gasteiger partial charge in [0.15, 0.2) is 5.70 Å². The van der Waals surface area contributed by atoms with Crippen LogP contribution < -0.4 is 4.90 Å². The smallest absolute Gasteiger partial charge is 0.283 e. The molecule has 1 saturated heterocycles. The molecular weight excluding hydrogens is 404 g/mol. The van der Waals surface area contributed by atoms with Crippen LogP contribution in [0, 0.1) is 13.8 Å². The Morgan fingerprint density at radius 2 is 1.97 bits per heavy atom. The zero-order valence-corrected chi connectivity index (χ0v) is 17.7. The van der Waals surface area contributed by atoms with E-state index in [1.807, 2.05) is 6.92 Å². The topological polar surface area (TPSA) is 101 Å². The second-order valence-electron chi connectivity index (χ2n) is 7.64. The first-order valence-corrected chi connectivity index (χ1v) is 11.3. The Labute approximate surface area is 176 Å². The summed E-state index contributed by atoms with van der Waals surface area (Å²) >= 11 is 0. The van der Waals surface area contributed by atoms with Gasteiger partial charge in [-0.25, -0.2) is 0 Å². The third-order valence-electron chi connectivity index (χ3n) is 5.55. The van der Waals surface area contributed by atoms with Crippen molar-refractivity contribution in [2.75, 3.05) is 26.3 Å². The minimum Gasteiger partial charge on any atom is -0.391 e. The van der Waals surface area contributed by atoms with E-state index in [1.54, 1.807) is 55.5 Å². The van der Waals surface area contributed by atoms with E-state index in [9.17, 15) is 18.6 Å². The first-order valence-electron chi connectivity index (χ1n) is 9.83. The molecule has 0 radical (unpaired) electrons. The number of nitrogens with one attached hydrogen (secondary N) is 1. The first kappa shape index (κ1) is 20.9. The molecule has 30 heavy (non-hydrogen) atoms. The van der Waals surface area contributed by atoms with E-state index in [0.717, 1.165) is 10.5 Å². The fraction of sp³-hybridized carbons (Fsp3) is 0.318. The van der Waals surface area contributed by atoms with Gasteiger partial charge in [0.05, 0.1) is 17.2 Å². The van der Waals surface area contributed by atoms with Gasteiger partial charge in [-0.2, -0.15) is 12.8 Å². The van der Waals surface area contributed by atoms with Crippen LogP contribution in [0.2, 0.25) is 0 Å². The molecule has 8 heteroatoms. The molecule has 1 aliphatic carbocycles. The fourth-order valence-corrected chi connectivity index (χ4v) is 5.36. The molecule has 0 saturated carbocycles. The van der Waals surface area contributed by atoms with Crippen LogP contribution >= 0.6 is 0 Å². The lowest BCUT2D eigenvalue weighted by Gasteiger charge is -2.41. The molecule has 0 aromatic heterocycles. The quantitative estimate of drug-likeness (QED) is 0.655. The number of hydrogen-bond donors (Lipinski definition) is 3. The summed E-state index contributed by atoms with van der Waals surface area (Å²) in [6.45, 7) is 4.81. The first-order chi connectivity index (χ1) is 14.3. The van der Waals surface area contributed by atoms with Gasteiger partial charge in [0.2, 0.25) is 0 Å². The van der Waals surface area contributed by atoms with Gasteiger partial charge in [-0.1, -0.05) is 42.0 Å². The van der Waals surface area contributed by atoms with Crippen LogP contribution in [-0.2, 0) is 20.5 Å². The molecular formula is C22H25N2O5S+. The number of nitrogens with zero attached hydrogens (tertiary/aromatic N) is 1. The summed E-state index contributed by atoms with van der Waals surface area (Å²) in [6.07, 6.45) is 1.58. The third-order valence-corrected chi connectivity index (χ3v) is 7.00. The lowest BCUT2D eigenvalue weighted by Crippen LogP contribution is -3.14. The molecule has 158 valence electrons. The van der Waals surface area contributed by atoms with Crippen LogP contribution in [0.3, 0.4) is 0 Å². The van der Waals surface area contributed by atoms with Crippen molar-refractivity contribution in [1.82, 2.24) is 0 Å². The lowest BCUT2D eigenvalue weighted by atomic mass is 9.86. The van der Waals surface area contributed by atoms with Crippen LogP contribution in [0.4, 0.5) is 0 Å². The van der Waals surface area contributed by atoms with Gasteiger partial charge in [-0.15, -0.1) is 0 Å². The highest BCUT2D eigenvalue weighted by Gasteiger charge is 2.49. The molecule has 1 aliphatic heterocycles. The normalized spacial score (nSPS) is 24.9. The summed E-state index contributed by atoms with van der Waals surface area (Å²) in [5, 5.41) is 20.8. The number of aliphatic hydroxyl groups excluding tert-OH is 1. The summed E-state index contributed by atoms with van der Waals surface area (Å²) in [5.41, 5.74) is 3.25. The Kier molecular flexibility index (Phi) is 5.37. The van der Waals surface area contributed by atoms with Crippen LogP contribution in [0.5, 0.6) is 0 Å². The Morgan fingerprint density at radius 3 is 2.70 bits per heavy atom. The average Bonchev–Trinajstić information content (AvgIpc) is 2.69. The van der Waals surface area contributed by atoms with E-state index >= 15 is 0 Å². The molecule has 2 aliphatic rings. The Balaban J connectivity index is 1.90. The molecule has 2 aromatic rings. The molecule has 0 amide bonds.